The fourth-order valence-corrected chi connectivity index (χ4v) is 2.58. The van der Waals surface area contributed by atoms with Gasteiger partial charge in [0.1, 0.15) is 11.4 Å². The summed E-state index contributed by atoms with van der Waals surface area (Å²) in [5.74, 6) is -0.105. The molecule has 0 aliphatic carbocycles. The number of halogens is 2. The van der Waals surface area contributed by atoms with Crippen molar-refractivity contribution in [3.8, 4) is 0 Å². The molecule has 0 saturated carbocycles. The number of anilines is 2. The number of aromatic nitrogens is 1. The van der Waals surface area contributed by atoms with Crippen molar-refractivity contribution in [3.63, 3.8) is 0 Å². The van der Waals surface area contributed by atoms with Gasteiger partial charge < -0.3 is 21.1 Å². The fraction of sp³-hybridized carbons (Fsp3) is 0.278. The first-order valence-electron chi connectivity index (χ1n) is 8.07. The van der Waals surface area contributed by atoms with E-state index >= 15 is 0 Å². The first-order valence-corrected chi connectivity index (χ1v) is 8.07. The summed E-state index contributed by atoms with van der Waals surface area (Å²) < 4.78 is 5.25. The van der Waals surface area contributed by atoms with Gasteiger partial charge in [0.05, 0.1) is 0 Å². The molecular weight excluding hydrogens is 391 g/mol. The Morgan fingerprint density at radius 1 is 1.04 bits per heavy atom. The van der Waals surface area contributed by atoms with Crippen LogP contribution in [-0.2, 0) is 9.53 Å². The van der Waals surface area contributed by atoms with Gasteiger partial charge >= 0.3 is 0 Å². The Morgan fingerprint density at radius 2 is 1.78 bits per heavy atom. The van der Waals surface area contributed by atoms with E-state index in [4.69, 9.17) is 10.5 Å². The van der Waals surface area contributed by atoms with Gasteiger partial charge in [0, 0.05) is 30.7 Å². The minimum atomic E-state index is -0.940. The third kappa shape index (κ3) is 5.90. The summed E-state index contributed by atoms with van der Waals surface area (Å²) in [6.45, 7) is 0.937. The van der Waals surface area contributed by atoms with Gasteiger partial charge in [0.25, 0.3) is 5.91 Å². The Hall–Kier alpha value is -2.19. The summed E-state index contributed by atoms with van der Waals surface area (Å²) in [5.41, 5.74) is 6.17. The highest BCUT2D eigenvalue weighted by Gasteiger charge is 2.35. The lowest BCUT2D eigenvalue weighted by atomic mass is 9.90. The number of carbonyl (C=O) groups is 2. The highest BCUT2D eigenvalue weighted by Crippen LogP contribution is 2.21. The lowest BCUT2D eigenvalue weighted by Crippen LogP contribution is -2.54. The number of benzene rings is 1. The zero-order valence-electron chi connectivity index (χ0n) is 14.5. The van der Waals surface area contributed by atoms with Crippen molar-refractivity contribution in [1.82, 2.24) is 4.98 Å². The predicted octanol–water partition coefficient (Wildman–Crippen LogP) is 2.62. The first-order chi connectivity index (χ1) is 12.1. The monoisotopic (exact) mass is 412 g/mol. The van der Waals surface area contributed by atoms with Crippen molar-refractivity contribution in [2.45, 2.75) is 18.4 Å². The van der Waals surface area contributed by atoms with E-state index in [1.54, 1.807) is 48.7 Å². The molecular formula is C18H22Cl2N4O3. The van der Waals surface area contributed by atoms with Gasteiger partial charge in [0.2, 0.25) is 5.91 Å². The van der Waals surface area contributed by atoms with Crippen molar-refractivity contribution in [2.24, 2.45) is 5.73 Å². The molecule has 0 unspecified atom stereocenters. The van der Waals surface area contributed by atoms with Gasteiger partial charge in [0.15, 0.2) is 0 Å². The van der Waals surface area contributed by atoms with E-state index in [1.165, 1.54) is 0 Å². The number of carbonyl (C=O) groups excluding carboxylic acids is 2. The molecule has 146 valence electrons. The van der Waals surface area contributed by atoms with Crippen LogP contribution in [0.25, 0.3) is 0 Å². The molecule has 9 heteroatoms. The van der Waals surface area contributed by atoms with Crippen LogP contribution in [0.3, 0.4) is 0 Å². The van der Waals surface area contributed by atoms with Gasteiger partial charge in [-0.2, -0.15) is 0 Å². The zero-order valence-corrected chi connectivity index (χ0v) is 16.1. The number of amides is 2. The SMILES string of the molecule is Cl.Cl.NC1(C(=O)Nc2cccc(C(=O)Nc3ccccn3)c2)CCOCC1. The maximum atomic E-state index is 12.5. The summed E-state index contributed by atoms with van der Waals surface area (Å²) in [5, 5.41) is 5.50. The number of nitrogens with two attached hydrogens (primary N) is 1. The quantitative estimate of drug-likeness (QED) is 0.715. The molecule has 27 heavy (non-hydrogen) atoms. The lowest BCUT2D eigenvalue weighted by Gasteiger charge is -2.31. The maximum absolute atomic E-state index is 12.5. The Balaban J connectivity index is 0.00000182. The van der Waals surface area contributed by atoms with Crippen LogP contribution in [0.4, 0.5) is 11.5 Å². The highest BCUT2D eigenvalue weighted by atomic mass is 35.5. The van der Waals surface area contributed by atoms with E-state index in [9.17, 15) is 9.59 Å². The topological polar surface area (TPSA) is 106 Å². The van der Waals surface area contributed by atoms with Gasteiger partial charge in [-0.3, -0.25) is 9.59 Å². The second-order valence-electron chi connectivity index (χ2n) is 5.97. The van der Waals surface area contributed by atoms with E-state index in [1.807, 2.05) is 0 Å². The molecule has 2 amide bonds. The maximum Gasteiger partial charge on any atom is 0.256 e. The number of ether oxygens (including phenoxy) is 1. The number of hydrogen-bond donors (Lipinski definition) is 3. The lowest BCUT2D eigenvalue weighted by molar-refractivity contribution is -0.124. The highest BCUT2D eigenvalue weighted by molar-refractivity contribution is 6.05. The Bertz CT molecular complexity index is 768. The number of hydrogen-bond acceptors (Lipinski definition) is 5. The summed E-state index contributed by atoms with van der Waals surface area (Å²) in [7, 11) is 0. The molecule has 3 rings (SSSR count). The van der Waals surface area contributed by atoms with Gasteiger partial charge in [-0.05, 0) is 43.2 Å². The average Bonchev–Trinajstić information content (AvgIpc) is 2.63. The molecule has 0 bridgehead atoms. The molecule has 2 heterocycles. The van der Waals surface area contributed by atoms with Gasteiger partial charge in [-0.25, -0.2) is 4.98 Å². The molecule has 2 aromatic rings. The van der Waals surface area contributed by atoms with Crippen molar-refractivity contribution in [1.29, 1.82) is 0 Å². The minimum absolute atomic E-state index is 0. The third-order valence-corrected chi connectivity index (χ3v) is 4.13. The van der Waals surface area contributed by atoms with Crippen molar-refractivity contribution >= 4 is 48.1 Å². The van der Waals surface area contributed by atoms with Gasteiger partial charge in [-0.15, -0.1) is 24.8 Å². The first kappa shape index (κ1) is 22.9. The second kappa shape index (κ2) is 10.2. The standard InChI is InChI=1S/C18H20N4O3.2ClH/c19-18(7-10-25-11-8-18)17(24)21-14-5-3-4-13(12-14)16(23)22-15-6-1-2-9-20-15;;/h1-6,9,12H,7-8,10-11,19H2,(H,21,24)(H,20,22,23);2*1H. The van der Waals surface area contributed by atoms with Crippen molar-refractivity contribution in [2.75, 3.05) is 23.8 Å². The molecule has 0 spiro atoms. The van der Waals surface area contributed by atoms with E-state index < -0.39 is 5.54 Å². The van der Waals surface area contributed by atoms with E-state index in [0.717, 1.165) is 0 Å². The molecule has 1 aromatic carbocycles. The third-order valence-electron chi connectivity index (χ3n) is 4.13. The van der Waals surface area contributed by atoms with Crippen molar-refractivity contribution in [3.05, 3.63) is 54.2 Å². The van der Waals surface area contributed by atoms with Crippen LogP contribution >= 0.6 is 24.8 Å². The summed E-state index contributed by atoms with van der Waals surface area (Å²) in [6.07, 6.45) is 2.54. The average molecular weight is 413 g/mol. The molecule has 0 radical (unpaired) electrons. The number of pyridine rings is 1. The van der Waals surface area contributed by atoms with Crippen LogP contribution in [0.15, 0.2) is 48.7 Å². The van der Waals surface area contributed by atoms with E-state index in [-0.39, 0.29) is 36.6 Å². The normalized spacial score (nSPS) is 14.9. The van der Waals surface area contributed by atoms with Crippen LogP contribution in [-0.4, -0.2) is 35.6 Å². The largest absolute Gasteiger partial charge is 0.381 e. The zero-order chi connectivity index (χ0) is 17.7. The van der Waals surface area contributed by atoms with Crippen LogP contribution in [0.2, 0.25) is 0 Å². The van der Waals surface area contributed by atoms with E-state index in [2.05, 4.69) is 15.6 Å². The van der Waals surface area contributed by atoms with Crippen molar-refractivity contribution < 1.29 is 14.3 Å². The number of nitrogens with zero attached hydrogens (tertiary/aromatic N) is 1. The number of rotatable bonds is 4. The second-order valence-corrected chi connectivity index (χ2v) is 5.97. The Kier molecular flexibility index (Phi) is 8.65. The van der Waals surface area contributed by atoms with E-state index in [0.29, 0.717) is 43.1 Å². The molecule has 1 aromatic heterocycles. The molecule has 1 aliphatic heterocycles. The molecule has 0 atom stereocenters. The molecule has 1 saturated heterocycles. The molecule has 1 fully saturated rings. The fourth-order valence-electron chi connectivity index (χ4n) is 2.58. The van der Waals surface area contributed by atoms with Gasteiger partial charge in [-0.1, -0.05) is 12.1 Å². The molecule has 1 aliphatic rings. The summed E-state index contributed by atoms with van der Waals surface area (Å²) >= 11 is 0. The Labute approximate surface area is 169 Å². The van der Waals surface area contributed by atoms with Crippen LogP contribution in [0.1, 0.15) is 23.2 Å². The summed E-state index contributed by atoms with van der Waals surface area (Å²) in [4.78, 5) is 28.8. The minimum Gasteiger partial charge on any atom is -0.381 e. The van der Waals surface area contributed by atoms with Crippen LogP contribution in [0.5, 0.6) is 0 Å². The smallest absolute Gasteiger partial charge is 0.256 e. The Morgan fingerprint density at radius 3 is 2.44 bits per heavy atom. The van der Waals surface area contributed by atoms with Crippen LogP contribution < -0.4 is 16.4 Å². The molecule has 7 nitrogen and oxygen atoms in total. The summed E-state index contributed by atoms with van der Waals surface area (Å²) in [6, 6.07) is 12.0. The van der Waals surface area contributed by atoms with Crippen LogP contribution in [0, 0.1) is 0 Å². The predicted molar refractivity (Wildman–Crippen MR) is 109 cm³/mol. The molecule has 4 N–H and O–H groups in total. The number of nitrogens with one attached hydrogen (secondary N) is 2.